The summed E-state index contributed by atoms with van der Waals surface area (Å²) in [4.78, 5) is 85.9. The van der Waals surface area contributed by atoms with Crippen LogP contribution in [0.4, 0.5) is 0 Å². The van der Waals surface area contributed by atoms with Crippen molar-refractivity contribution in [2.45, 2.75) is 239 Å². The van der Waals surface area contributed by atoms with Gasteiger partial charge in [0.1, 0.15) is 5.78 Å². The number of ketones is 1. The van der Waals surface area contributed by atoms with Gasteiger partial charge in [-0.25, -0.2) is 0 Å². The summed E-state index contributed by atoms with van der Waals surface area (Å²) in [6.45, 7) is 3.94. The lowest BCUT2D eigenvalue weighted by molar-refractivity contribution is -0.169. The van der Waals surface area contributed by atoms with E-state index in [4.69, 9.17) is 18.9 Å². The zero-order valence-corrected chi connectivity index (χ0v) is 46.5. The second kappa shape index (κ2) is 52.2. The number of thiol groups is 1. The van der Waals surface area contributed by atoms with Crippen LogP contribution in [0.3, 0.4) is 0 Å². The Bertz CT molecular complexity index is 1460. The third-order valence-corrected chi connectivity index (χ3v) is 13.9. The molecule has 0 bridgehead atoms. The van der Waals surface area contributed by atoms with Gasteiger partial charge in [-0.1, -0.05) is 147 Å². The van der Waals surface area contributed by atoms with E-state index in [1.807, 2.05) is 0 Å². The number of rotatable bonds is 50. The lowest BCUT2D eigenvalue weighted by Crippen LogP contribution is -2.34. The van der Waals surface area contributed by atoms with Crippen molar-refractivity contribution in [3.63, 3.8) is 0 Å². The molecule has 0 aliphatic rings. The number of esters is 4. The predicted octanol–water partition coefficient (Wildman–Crippen LogP) is 13.3. The molecular formula is C54H94IN3O11S. The van der Waals surface area contributed by atoms with Gasteiger partial charge in [-0.3, -0.25) is 33.6 Å². The van der Waals surface area contributed by atoms with Gasteiger partial charge in [0.25, 0.3) is 0 Å². The molecule has 1 unspecified atom stereocenters. The van der Waals surface area contributed by atoms with Gasteiger partial charge in [0, 0.05) is 65.7 Å². The Hall–Kier alpha value is -3.15. The maximum Gasteiger partial charge on any atom is 0.309 e. The van der Waals surface area contributed by atoms with E-state index in [1.165, 1.54) is 96.3 Å². The number of carbonyl (C=O) groups excluding carboxylic acids is 7. The van der Waals surface area contributed by atoms with Crippen LogP contribution in [0.25, 0.3) is 0 Å². The van der Waals surface area contributed by atoms with Crippen molar-refractivity contribution in [1.29, 1.82) is 0 Å². The second-order valence-corrected chi connectivity index (χ2v) is 21.0. The quantitative estimate of drug-likeness (QED) is 0.00998. The molecule has 0 heterocycles. The first-order valence-electron chi connectivity index (χ1n) is 27.0. The van der Waals surface area contributed by atoms with Gasteiger partial charge >= 0.3 is 23.9 Å². The first kappa shape index (κ1) is 66.9. The summed E-state index contributed by atoms with van der Waals surface area (Å²) in [6, 6.07) is 0. The van der Waals surface area contributed by atoms with Gasteiger partial charge in [-0.05, 0) is 89.9 Å². The molecule has 0 aromatic heterocycles. The van der Waals surface area contributed by atoms with Gasteiger partial charge in [0.15, 0.2) is 0 Å². The molecule has 0 aromatic rings. The summed E-state index contributed by atoms with van der Waals surface area (Å²) in [5.74, 6) is -3.40. The summed E-state index contributed by atoms with van der Waals surface area (Å²) < 4.78 is 24.1. The number of amides is 2. The number of Topliss-reactive ketones (excluding diaryl/α,β-unsaturated/α-hetero) is 1. The normalized spacial score (nSPS) is 11.9. The summed E-state index contributed by atoms with van der Waals surface area (Å²) >= 11 is 3.11. The maximum absolute atomic E-state index is 12.9. The molecule has 2 amide bonds. The molecule has 0 radical (unpaired) electrons. The van der Waals surface area contributed by atoms with Crippen molar-refractivity contribution < 1.29 is 52.5 Å². The van der Waals surface area contributed by atoms with E-state index in [-0.39, 0.29) is 61.2 Å². The highest BCUT2D eigenvalue weighted by molar-refractivity contribution is 14.2. The average Bonchev–Trinajstić information content (AvgIpc) is 3.35. The van der Waals surface area contributed by atoms with E-state index in [0.717, 1.165) is 64.2 Å². The Kier molecular flexibility index (Phi) is 49.8. The predicted molar refractivity (Wildman–Crippen MR) is 290 cm³/mol. The first-order chi connectivity index (χ1) is 34.1. The minimum atomic E-state index is -0.765. The summed E-state index contributed by atoms with van der Waals surface area (Å²) in [5, 5.41) is 5.49. The molecule has 0 spiro atoms. The van der Waals surface area contributed by atoms with Crippen molar-refractivity contribution in [2.75, 3.05) is 31.1 Å². The van der Waals surface area contributed by atoms with E-state index in [1.54, 1.807) is 0 Å². The van der Waals surface area contributed by atoms with E-state index in [0.29, 0.717) is 32.2 Å². The monoisotopic (exact) mass is 1120 g/mol. The highest BCUT2D eigenvalue weighted by Crippen LogP contribution is 2.16. The van der Waals surface area contributed by atoms with Crippen LogP contribution in [0.15, 0.2) is 26.9 Å². The number of carbonyl (C=O) groups is 7. The number of hydrogen-bond donors (Lipinski definition) is 3. The highest BCUT2D eigenvalue weighted by Gasteiger charge is 2.19. The number of nitrogens with one attached hydrogen (secondary N) is 2. The minimum absolute atomic E-state index is 0.0367. The minimum Gasteiger partial charge on any atom is -0.428 e. The molecule has 1 atom stereocenters. The fourth-order valence-electron chi connectivity index (χ4n) is 7.45. The SMILES string of the molecule is CCCCCCC/C=C/CCCCCCCCC(=O)OCOC(=O)CCC(=O)NCCCCC(CNC(=O)CCC(=O)OCOC(=O)CCCCCCC/C=C/CCCCCCCC)C(=O)CI=NS. The second-order valence-electron chi connectivity index (χ2n) is 18.1. The zero-order valence-electron chi connectivity index (χ0n) is 43.4. The van der Waals surface area contributed by atoms with Crippen molar-refractivity contribution in [3.8, 4) is 0 Å². The van der Waals surface area contributed by atoms with Crippen LogP contribution in [-0.2, 0) is 52.5 Å². The largest absolute Gasteiger partial charge is 0.428 e. The smallest absolute Gasteiger partial charge is 0.309 e. The van der Waals surface area contributed by atoms with Crippen LogP contribution in [0.5, 0.6) is 0 Å². The Morgan fingerprint density at radius 3 is 1.24 bits per heavy atom. The van der Waals surface area contributed by atoms with Gasteiger partial charge in [0.2, 0.25) is 25.4 Å². The molecule has 2 N–H and O–H groups in total. The summed E-state index contributed by atoms with van der Waals surface area (Å²) in [7, 11) is 0. The van der Waals surface area contributed by atoms with Crippen LogP contribution in [-0.4, -0.2) is 72.6 Å². The molecule has 16 heteroatoms. The molecule has 0 fully saturated rings. The lowest BCUT2D eigenvalue weighted by Gasteiger charge is -2.16. The number of halogens is 1. The Morgan fingerprint density at radius 1 is 0.457 bits per heavy atom. The van der Waals surface area contributed by atoms with Crippen LogP contribution >= 0.6 is 33.8 Å². The molecule has 0 aliphatic carbocycles. The Balaban J connectivity index is 4.03. The highest BCUT2D eigenvalue weighted by atomic mass is 127. The zero-order chi connectivity index (χ0) is 51.4. The lowest BCUT2D eigenvalue weighted by atomic mass is 9.98. The van der Waals surface area contributed by atoms with Gasteiger partial charge in [-0.15, -0.1) is 0 Å². The number of unbranched alkanes of at least 4 members (excludes halogenated alkanes) is 23. The molecule has 0 rings (SSSR count). The fourth-order valence-corrected chi connectivity index (χ4v) is 8.92. The maximum atomic E-state index is 12.9. The van der Waals surface area contributed by atoms with E-state index in [9.17, 15) is 33.6 Å². The van der Waals surface area contributed by atoms with Crippen LogP contribution in [0, 0.1) is 5.92 Å². The van der Waals surface area contributed by atoms with Crippen molar-refractivity contribution in [1.82, 2.24) is 10.6 Å². The number of alkyl halides is 1. The molecule has 0 saturated heterocycles. The molecule has 70 heavy (non-hydrogen) atoms. The average molecular weight is 1120 g/mol. The van der Waals surface area contributed by atoms with Crippen LogP contribution in [0.1, 0.15) is 239 Å². The number of ether oxygens (including phenoxy) is 4. The van der Waals surface area contributed by atoms with Gasteiger partial charge < -0.3 is 29.6 Å². The van der Waals surface area contributed by atoms with Gasteiger partial charge in [-0.2, -0.15) is 2.55 Å². The Morgan fingerprint density at radius 2 is 0.829 bits per heavy atom. The molecular weight excluding hydrogens is 1030 g/mol. The first-order valence-corrected chi connectivity index (χ1v) is 29.9. The molecule has 0 aliphatic heterocycles. The standard InChI is InChI=1S/C54H94IN3O11S/c1-3-5-7-9-11-13-15-17-19-21-23-25-27-29-31-36-51(62)66-45-68-53(64)40-38-49(60)56-42-34-33-35-47(48(59)43-55-58-70)44-57-50(61)39-41-54(65)69-46-67-52(63)37-32-30-28-26-24-22-20-18-16-14-12-10-8-6-4-2/h15,17-18,20,47,70H,3-14,16,19,21-46H2,1-2H3,(H,56,60)(H,57,61)/b17-15+,20-18+. The molecule has 404 valence electrons. The summed E-state index contributed by atoms with van der Waals surface area (Å²) in [5.41, 5.74) is 0. The topological polar surface area (TPSA) is 193 Å². The molecule has 0 aromatic carbocycles. The van der Waals surface area contributed by atoms with E-state index in [2.05, 4.69) is 64.2 Å². The fraction of sp³-hybridized carbons (Fsp3) is 0.796. The third-order valence-electron chi connectivity index (χ3n) is 11.8. The van der Waals surface area contributed by atoms with Crippen molar-refractivity contribution in [2.24, 2.45) is 8.47 Å². The number of nitrogens with zero attached hydrogens (tertiary/aromatic N) is 1. The summed E-state index contributed by atoms with van der Waals surface area (Å²) in [6.07, 6.45) is 41.1. The molecule has 0 saturated carbocycles. The van der Waals surface area contributed by atoms with E-state index >= 15 is 0 Å². The van der Waals surface area contributed by atoms with Crippen molar-refractivity contribution in [3.05, 3.63) is 24.3 Å². The Labute approximate surface area is 438 Å². The third kappa shape index (κ3) is 48.5. The van der Waals surface area contributed by atoms with E-state index < -0.39 is 70.3 Å². The van der Waals surface area contributed by atoms with Crippen molar-refractivity contribution >= 4 is 75.3 Å². The van der Waals surface area contributed by atoms with Crippen LogP contribution < -0.4 is 10.6 Å². The molecule has 14 nitrogen and oxygen atoms in total. The van der Waals surface area contributed by atoms with Crippen LogP contribution in [0.2, 0.25) is 0 Å². The number of allylic oxidation sites excluding steroid dienone is 4. The number of hydrogen-bond acceptors (Lipinski definition) is 13. The van der Waals surface area contributed by atoms with Gasteiger partial charge in [0.05, 0.1) is 17.3 Å².